The maximum Gasteiger partial charge on any atom is 0.136 e. The molecule has 226 valence electrons. The van der Waals surface area contributed by atoms with Crippen molar-refractivity contribution in [3.63, 3.8) is 0 Å². The molecule has 0 aliphatic rings. The molecule has 4 heteroatoms. The number of hydrogen-bond acceptors (Lipinski definition) is 4. The van der Waals surface area contributed by atoms with Crippen LogP contribution in [0.25, 0.3) is 86.3 Å². The van der Waals surface area contributed by atoms with E-state index < -0.39 is 0 Å². The van der Waals surface area contributed by atoms with E-state index in [0.29, 0.717) is 6.54 Å². The lowest BCUT2D eigenvalue weighted by Crippen LogP contribution is -1.86. The van der Waals surface area contributed by atoms with Crippen LogP contribution in [0.1, 0.15) is 11.1 Å². The fraction of sp³-hybridized carbons (Fsp3) is 0.0227. The smallest absolute Gasteiger partial charge is 0.136 e. The quantitative estimate of drug-likeness (QED) is 0.177. The van der Waals surface area contributed by atoms with Crippen LogP contribution in [0, 0.1) is 0 Å². The first kappa shape index (κ1) is 27.2. The van der Waals surface area contributed by atoms with E-state index >= 15 is 0 Å². The average molecular weight is 634 g/mol. The van der Waals surface area contributed by atoms with Gasteiger partial charge >= 0.3 is 0 Å². The average Bonchev–Trinajstić information content (AvgIpc) is 3.82. The van der Waals surface area contributed by atoms with E-state index in [0.717, 1.165) is 66.1 Å². The first-order valence-corrected chi connectivity index (χ1v) is 16.9. The Hall–Kier alpha value is -5.97. The van der Waals surface area contributed by atoms with Gasteiger partial charge in [0.2, 0.25) is 0 Å². The minimum Gasteiger partial charge on any atom is -0.456 e. The Balaban J connectivity index is 1.07. The van der Waals surface area contributed by atoms with Crippen LogP contribution < -0.4 is 0 Å². The Morgan fingerprint density at radius 2 is 1.21 bits per heavy atom. The summed E-state index contributed by atoms with van der Waals surface area (Å²) in [6.07, 6.45) is 1.97. The van der Waals surface area contributed by atoms with E-state index in [1.807, 2.05) is 47.9 Å². The van der Waals surface area contributed by atoms with Crippen molar-refractivity contribution < 1.29 is 8.83 Å². The summed E-state index contributed by atoms with van der Waals surface area (Å²) in [6.45, 7) is 0.634. The van der Waals surface area contributed by atoms with Gasteiger partial charge < -0.3 is 8.83 Å². The van der Waals surface area contributed by atoms with Crippen LogP contribution >= 0.6 is 11.3 Å². The van der Waals surface area contributed by atoms with Gasteiger partial charge in [-0.3, -0.25) is 4.99 Å². The molecule has 3 nitrogen and oxygen atoms in total. The summed E-state index contributed by atoms with van der Waals surface area (Å²) in [5.41, 5.74) is 10.3. The monoisotopic (exact) mass is 633 g/mol. The van der Waals surface area contributed by atoms with Crippen LogP contribution in [0.5, 0.6) is 0 Å². The fourth-order valence-electron chi connectivity index (χ4n) is 7.11. The Labute approximate surface area is 280 Å². The molecule has 48 heavy (non-hydrogen) atoms. The zero-order valence-electron chi connectivity index (χ0n) is 25.8. The topological polar surface area (TPSA) is 38.6 Å². The predicted octanol–water partition coefficient (Wildman–Crippen LogP) is 12.8. The molecule has 7 aromatic carbocycles. The Morgan fingerprint density at radius 1 is 0.479 bits per heavy atom. The van der Waals surface area contributed by atoms with Crippen LogP contribution in [-0.4, -0.2) is 6.21 Å². The van der Waals surface area contributed by atoms with Crippen LogP contribution in [0.3, 0.4) is 0 Å². The lowest BCUT2D eigenvalue weighted by atomic mass is 9.96. The molecule has 10 aromatic rings. The normalized spacial score (nSPS) is 12.2. The second-order valence-corrected chi connectivity index (χ2v) is 13.4. The van der Waals surface area contributed by atoms with E-state index in [1.165, 1.54) is 31.3 Å². The largest absolute Gasteiger partial charge is 0.456 e. The third kappa shape index (κ3) is 4.38. The molecule has 3 heterocycles. The van der Waals surface area contributed by atoms with Crippen molar-refractivity contribution in [1.29, 1.82) is 0 Å². The van der Waals surface area contributed by atoms with Gasteiger partial charge in [0, 0.05) is 53.5 Å². The molecule has 0 N–H and O–H groups in total. The number of hydrogen-bond donors (Lipinski definition) is 0. The molecule has 0 spiro atoms. The number of aliphatic imine (C=N–C) groups is 1. The lowest BCUT2D eigenvalue weighted by Gasteiger charge is -2.05. The molecule has 0 aliphatic heterocycles. The summed E-state index contributed by atoms with van der Waals surface area (Å²) in [6, 6.07) is 51.3. The van der Waals surface area contributed by atoms with E-state index in [-0.39, 0.29) is 0 Å². The van der Waals surface area contributed by atoms with Crippen molar-refractivity contribution in [2.75, 3.05) is 0 Å². The van der Waals surface area contributed by atoms with Gasteiger partial charge in [-0.15, -0.1) is 11.3 Å². The van der Waals surface area contributed by atoms with Crippen molar-refractivity contribution in [2.24, 2.45) is 4.99 Å². The molecular weight excluding hydrogens is 607 g/mol. The highest BCUT2D eigenvalue weighted by molar-refractivity contribution is 7.25. The number of furan rings is 2. The van der Waals surface area contributed by atoms with Gasteiger partial charge in [0.1, 0.15) is 22.3 Å². The minimum absolute atomic E-state index is 0.634. The van der Waals surface area contributed by atoms with Crippen molar-refractivity contribution in [3.8, 4) is 22.3 Å². The van der Waals surface area contributed by atoms with E-state index in [2.05, 4.69) is 115 Å². The molecule has 0 saturated carbocycles. The molecule has 0 atom stereocenters. The number of nitrogens with zero attached hydrogens (tertiary/aromatic N) is 1. The summed E-state index contributed by atoms with van der Waals surface area (Å²) in [7, 11) is 0. The van der Waals surface area contributed by atoms with Crippen molar-refractivity contribution >= 4 is 81.6 Å². The van der Waals surface area contributed by atoms with Crippen LogP contribution in [0.2, 0.25) is 0 Å². The third-order valence-corrected chi connectivity index (χ3v) is 10.5. The van der Waals surface area contributed by atoms with Gasteiger partial charge in [-0.1, -0.05) is 97.1 Å². The molecular formula is C44H27NO2S. The maximum absolute atomic E-state index is 6.52. The first-order valence-electron chi connectivity index (χ1n) is 16.1. The van der Waals surface area contributed by atoms with E-state index in [9.17, 15) is 0 Å². The van der Waals surface area contributed by atoms with Gasteiger partial charge in [0.15, 0.2) is 0 Å². The molecule has 3 aromatic heterocycles. The number of benzene rings is 7. The summed E-state index contributed by atoms with van der Waals surface area (Å²) in [5, 5.41) is 7.01. The van der Waals surface area contributed by atoms with Crippen molar-refractivity contribution in [3.05, 3.63) is 157 Å². The van der Waals surface area contributed by atoms with Crippen molar-refractivity contribution in [1.82, 2.24) is 0 Å². The molecule has 0 bridgehead atoms. The van der Waals surface area contributed by atoms with Gasteiger partial charge in [0.05, 0.1) is 6.54 Å². The molecule has 0 saturated heterocycles. The van der Waals surface area contributed by atoms with Gasteiger partial charge in [-0.25, -0.2) is 0 Å². The first-order chi connectivity index (χ1) is 23.8. The number of thiophene rings is 1. The Bertz CT molecular complexity index is 2870. The van der Waals surface area contributed by atoms with Gasteiger partial charge in [-0.05, 0) is 76.3 Å². The molecule has 0 fully saturated rings. The highest BCUT2D eigenvalue weighted by atomic mass is 32.1. The highest BCUT2D eigenvalue weighted by Crippen LogP contribution is 2.41. The SMILES string of the molecule is C(=NCc1ccccc1)c1cccc2oc3ccc(-c4cccc5oc6cc(-c7ccc8c(c7)sc7ccccc78)ccc6c45)cc3c12. The zero-order valence-corrected chi connectivity index (χ0v) is 26.6. The molecule has 0 amide bonds. The lowest BCUT2D eigenvalue weighted by molar-refractivity contribution is 0.669. The van der Waals surface area contributed by atoms with Crippen LogP contribution in [-0.2, 0) is 6.54 Å². The molecule has 0 unspecified atom stereocenters. The molecule has 0 radical (unpaired) electrons. The van der Waals surface area contributed by atoms with Gasteiger partial charge in [-0.2, -0.15) is 0 Å². The van der Waals surface area contributed by atoms with Gasteiger partial charge in [0.25, 0.3) is 0 Å². The van der Waals surface area contributed by atoms with Crippen LogP contribution in [0.15, 0.2) is 159 Å². The maximum atomic E-state index is 6.52. The summed E-state index contributed by atoms with van der Waals surface area (Å²) < 4.78 is 15.5. The summed E-state index contributed by atoms with van der Waals surface area (Å²) in [5.74, 6) is 0. The molecule has 10 rings (SSSR count). The Morgan fingerprint density at radius 3 is 2.12 bits per heavy atom. The second-order valence-electron chi connectivity index (χ2n) is 12.3. The minimum atomic E-state index is 0.634. The third-order valence-electron chi connectivity index (χ3n) is 9.39. The summed E-state index contributed by atoms with van der Waals surface area (Å²) >= 11 is 1.85. The number of rotatable bonds is 5. The van der Waals surface area contributed by atoms with E-state index in [1.54, 1.807) is 0 Å². The van der Waals surface area contributed by atoms with Crippen LogP contribution in [0.4, 0.5) is 0 Å². The standard InChI is InChI=1S/C44H27NO2S/c1-2-8-27(9-3-1)25-45-26-31-10-6-13-38-43(31)36-22-30(18-21-37(36)46-38)32-12-7-14-39-44(32)35-20-17-28(23-40(35)47-39)29-16-19-34-33-11-4-5-15-41(33)48-42(34)24-29/h1-24,26H,25H2. The molecule has 0 aliphatic carbocycles. The highest BCUT2D eigenvalue weighted by Gasteiger charge is 2.17. The number of fused-ring (bicyclic) bond motifs is 9. The van der Waals surface area contributed by atoms with E-state index in [4.69, 9.17) is 13.8 Å². The predicted molar refractivity (Wildman–Crippen MR) is 202 cm³/mol. The second kappa shape index (κ2) is 10.8. The summed E-state index contributed by atoms with van der Waals surface area (Å²) in [4.78, 5) is 4.77. The Kier molecular flexibility index (Phi) is 6.11. The van der Waals surface area contributed by atoms with Crippen molar-refractivity contribution in [2.45, 2.75) is 6.54 Å². The fourth-order valence-corrected chi connectivity index (χ4v) is 8.26. The zero-order chi connectivity index (χ0) is 31.6.